The first-order valence-electron chi connectivity index (χ1n) is 5.46. The number of rotatable bonds is 6. The summed E-state index contributed by atoms with van der Waals surface area (Å²) in [5.74, 6) is -2.77. The maximum Gasteiger partial charge on any atom is 1.00 e. The summed E-state index contributed by atoms with van der Waals surface area (Å²) in [4.78, 5) is 21.4. The summed E-state index contributed by atoms with van der Waals surface area (Å²) in [6.07, 6.45) is 4.54. The topological polar surface area (TPSA) is 80.3 Å². The maximum absolute atomic E-state index is 10.7. The van der Waals surface area contributed by atoms with E-state index in [4.69, 9.17) is 0 Å². The second-order valence-electron chi connectivity index (χ2n) is 4.43. The van der Waals surface area contributed by atoms with Crippen LogP contribution in [0.25, 0.3) is 0 Å². The van der Waals surface area contributed by atoms with E-state index in [9.17, 15) is 19.8 Å². The van der Waals surface area contributed by atoms with E-state index in [0.717, 1.165) is 25.7 Å². The van der Waals surface area contributed by atoms with Gasteiger partial charge in [-0.2, -0.15) is 0 Å². The van der Waals surface area contributed by atoms with Crippen molar-refractivity contribution in [1.29, 1.82) is 0 Å². The molecule has 0 amide bonds. The van der Waals surface area contributed by atoms with Crippen LogP contribution in [0.1, 0.15) is 45.4 Å². The summed E-state index contributed by atoms with van der Waals surface area (Å²) in [5.41, 5.74) is -1.70. The van der Waals surface area contributed by atoms with Crippen LogP contribution in [0, 0.1) is 11.3 Å². The maximum atomic E-state index is 10.7. The van der Waals surface area contributed by atoms with Crippen LogP contribution in [0.5, 0.6) is 0 Å². The Bertz CT molecular complexity index is 246. The van der Waals surface area contributed by atoms with Crippen LogP contribution in [0.4, 0.5) is 0 Å². The molecule has 4 nitrogen and oxygen atoms in total. The first-order chi connectivity index (χ1) is 7.03. The Labute approximate surface area is 146 Å². The molecule has 0 spiro atoms. The molecule has 0 N–H and O–H groups in total. The largest absolute Gasteiger partial charge is 1.00 e. The molecule has 86 valence electrons. The number of unbranched alkanes of at least 4 members (excludes halogenated alkanes) is 2. The summed E-state index contributed by atoms with van der Waals surface area (Å²) in [6, 6.07) is 0. The Kier molecular flexibility index (Phi) is 10.7. The van der Waals surface area contributed by atoms with Gasteiger partial charge in [-0.1, -0.05) is 32.6 Å². The van der Waals surface area contributed by atoms with Crippen LogP contribution >= 0.6 is 0 Å². The van der Waals surface area contributed by atoms with Gasteiger partial charge in [0, 0.05) is 5.41 Å². The minimum absolute atomic E-state index is 0. The van der Waals surface area contributed by atoms with Crippen molar-refractivity contribution in [2.24, 2.45) is 11.3 Å². The van der Waals surface area contributed by atoms with Crippen LogP contribution in [0.3, 0.4) is 0 Å². The number of hydrogen-bond acceptors (Lipinski definition) is 4. The van der Waals surface area contributed by atoms with Crippen LogP contribution < -0.4 is 69.3 Å². The van der Waals surface area contributed by atoms with E-state index >= 15 is 0 Å². The standard InChI is InChI=1S/C11H18O4.2Na/c1-2-3-4-5-8-6-11(7-8,9(12)13)10(14)15;;/h8H,2-7H2,1H3,(H,12,13)(H,14,15);;/q;2*+1/p-2. The number of hydrogen-bond donors (Lipinski definition) is 0. The first-order valence-corrected chi connectivity index (χ1v) is 5.46. The Morgan fingerprint density at radius 3 is 1.94 bits per heavy atom. The van der Waals surface area contributed by atoms with Crippen molar-refractivity contribution in [2.45, 2.75) is 45.4 Å². The van der Waals surface area contributed by atoms with Crippen molar-refractivity contribution in [3.63, 3.8) is 0 Å². The van der Waals surface area contributed by atoms with E-state index in [0.29, 0.717) is 0 Å². The molecule has 1 rings (SSSR count). The normalized spacial score (nSPS) is 17.2. The number of carbonyl (C=O) groups excluding carboxylic acids is 2. The molecule has 1 saturated carbocycles. The molecule has 0 aliphatic heterocycles. The van der Waals surface area contributed by atoms with Crippen molar-refractivity contribution in [3.05, 3.63) is 0 Å². The monoisotopic (exact) mass is 258 g/mol. The molecule has 0 saturated heterocycles. The van der Waals surface area contributed by atoms with Crippen molar-refractivity contribution in [2.75, 3.05) is 0 Å². The number of carboxylic acids is 2. The zero-order valence-corrected chi connectivity index (χ0v) is 15.0. The van der Waals surface area contributed by atoms with E-state index in [1.165, 1.54) is 0 Å². The Morgan fingerprint density at radius 2 is 1.59 bits per heavy atom. The molecule has 1 aliphatic rings. The van der Waals surface area contributed by atoms with Crippen molar-refractivity contribution < 1.29 is 78.9 Å². The summed E-state index contributed by atoms with van der Waals surface area (Å²) in [6.45, 7) is 2.09. The minimum atomic E-state index is -1.70. The molecule has 1 aliphatic carbocycles. The molecule has 0 aromatic heterocycles. The smallest absolute Gasteiger partial charge is 0.549 e. The van der Waals surface area contributed by atoms with Gasteiger partial charge >= 0.3 is 59.1 Å². The summed E-state index contributed by atoms with van der Waals surface area (Å²) < 4.78 is 0. The number of aliphatic carboxylic acids is 2. The Balaban J connectivity index is 0. The van der Waals surface area contributed by atoms with Crippen LogP contribution in [0.2, 0.25) is 0 Å². The molecule has 17 heavy (non-hydrogen) atoms. The quantitative estimate of drug-likeness (QED) is 0.269. The third-order valence-electron chi connectivity index (χ3n) is 3.27. The Morgan fingerprint density at radius 1 is 1.12 bits per heavy atom. The van der Waals surface area contributed by atoms with E-state index < -0.39 is 17.4 Å². The average molecular weight is 258 g/mol. The van der Waals surface area contributed by atoms with Crippen LogP contribution in [-0.4, -0.2) is 11.9 Å². The van der Waals surface area contributed by atoms with Gasteiger partial charge in [0.2, 0.25) is 0 Å². The van der Waals surface area contributed by atoms with E-state index in [-0.39, 0.29) is 77.9 Å². The molecule has 0 unspecified atom stereocenters. The number of carbonyl (C=O) groups is 2. The third-order valence-corrected chi connectivity index (χ3v) is 3.27. The molecule has 0 heterocycles. The average Bonchev–Trinajstić information content (AvgIpc) is 2.07. The third kappa shape index (κ3) is 4.84. The number of carboxylic acid groups (broad SMARTS) is 2. The van der Waals surface area contributed by atoms with Gasteiger partial charge in [0.25, 0.3) is 0 Å². The fourth-order valence-electron chi connectivity index (χ4n) is 2.23. The molecule has 0 bridgehead atoms. The second kappa shape index (κ2) is 8.94. The van der Waals surface area contributed by atoms with Gasteiger partial charge < -0.3 is 19.8 Å². The zero-order chi connectivity index (χ0) is 11.5. The zero-order valence-electron chi connectivity index (χ0n) is 11.0. The molecule has 0 aromatic carbocycles. The second-order valence-corrected chi connectivity index (χ2v) is 4.43. The first kappa shape index (κ1) is 20.3. The summed E-state index contributed by atoms with van der Waals surface area (Å²) in [5, 5.41) is 21.4. The molecule has 6 heteroatoms. The van der Waals surface area contributed by atoms with Gasteiger partial charge in [-0.15, -0.1) is 0 Å². The van der Waals surface area contributed by atoms with Crippen LogP contribution in [0.15, 0.2) is 0 Å². The SMILES string of the molecule is CCCCCC1CC(C(=O)[O-])(C(=O)[O-])C1.[Na+].[Na+]. The molecule has 0 atom stereocenters. The van der Waals surface area contributed by atoms with E-state index in [1.54, 1.807) is 0 Å². The predicted molar refractivity (Wildman–Crippen MR) is 49.3 cm³/mol. The van der Waals surface area contributed by atoms with E-state index in [2.05, 4.69) is 6.92 Å². The molecule has 0 radical (unpaired) electrons. The van der Waals surface area contributed by atoms with Gasteiger partial charge in [-0.25, -0.2) is 0 Å². The molecular weight excluding hydrogens is 242 g/mol. The fraction of sp³-hybridized carbons (Fsp3) is 0.818. The van der Waals surface area contributed by atoms with Gasteiger partial charge in [0.1, 0.15) is 0 Å². The van der Waals surface area contributed by atoms with Crippen molar-refractivity contribution in [3.8, 4) is 0 Å². The van der Waals surface area contributed by atoms with E-state index in [1.807, 2.05) is 0 Å². The minimum Gasteiger partial charge on any atom is -0.549 e. The van der Waals surface area contributed by atoms with Gasteiger partial charge in [-0.05, 0) is 18.8 Å². The Hall–Kier alpha value is 0.940. The van der Waals surface area contributed by atoms with Gasteiger partial charge in [-0.3, -0.25) is 0 Å². The van der Waals surface area contributed by atoms with Gasteiger partial charge in [0.15, 0.2) is 0 Å². The predicted octanol–water partition coefficient (Wildman–Crippen LogP) is -6.53. The molecular formula is C11H16Na2O4. The van der Waals surface area contributed by atoms with Crippen molar-refractivity contribution in [1.82, 2.24) is 0 Å². The molecule has 1 fully saturated rings. The van der Waals surface area contributed by atoms with Gasteiger partial charge in [0.05, 0.1) is 11.9 Å². The summed E-state index contributed by atoms with van der Waals surface area (Å²) in [7, 11) is 0. The molecule has 0 aromatic rings. The fourth-order valence-corrected chi connectivity index (χ4v) is 2.23. The summed E-state index contributed by atoms with van der Waals surface area (Å²) >= 11 is 0. The van der Waals surface area contributed by atoms with Crippen LogP contribution in [-0.2, 0) is 9.59 Å². The van der Waals surface area contributed by atoms with Crippen molar-refractivity contribution >= 4 is 11.9 Å².